The molecule has 1 saturated heterocycles. The molecule has 0 radical (unpaired) electrons. The van der Waals surface area contributed by atoms with Crippen molar-refractivity contribution in [3.63, 3.8) is 0 Å². The molecule has 3 nitrogen and oxygen atoms in total. The number of nitrogens with one attached hydrogen (secondary N) is 1. The summed E-state index contributed by atoms with van der Waals surface area (Å²) in [5.74, 6) is 0. The van der Waals surface area contributed by atoms with Gasteiger partial charge in [-0.15, -0.1) is 4.47 Å². The summed E-state index contributed by atoms with van der Waals surface area (Å²) in [5, 5.41) is 3.15. The van der Waals surface area contributed by atoms with Crippen LogP contribution in [0.4, 0.5) is 0 Å². The molecule has 0 saturated carbocycles. The van der Waals surface area contributed by atoms with Crippen molar-refractivity contribution < 1.29 is 4.84 Å². The Morgan fingerprint density at radius 1 is 1.42 bits per heavy atom. The van der Waals surface area contributed by atoms with Crippen LogP contribution in [0.25, 0.3) is 0 Å². The molecule has 0 spiro atoms. The lowest BCUT2D eigenvalue weighted by atomic mass is 10.2. The van der Waals surface area contributed by atoms with E-state index in [1.165, 1.54) is 4.47 Å². The lowest BCUT2D eigenvalue weighted by molar-refractivity contribution is -0.0685. The summed E-state index contributed by atoms with van der Waals surface area (Å²) < 4.78 is 1.48. The van der Waals surface area contributed by atoms with Gasteiger partial charge in [-0.05, 0) is 5.56 Å². The first-order valence-electron chi connectivity index (χ1n) is 3.78. The topological polar surface area (TPSA) is 24.5 Å². The van der Waals surface area contributed by atoms with Crippen LogP contribution in [0, 0.1) is 0 Å². The molecular formula is C8H10N2OS. The average molecular weight is 182 g/mol. The highest BCUT2D eigenvalue weighted by molar-refractivity contribution is 7.77. The molecule has 1 unspecified atom stereocenters. The minimum Gasteiger partial charge on any atom is -0.271 e. The molecule has 1 N–H and O–H groups in total. The van der Waals surface area contributed by atoms with Gasteiger partial charge in [-0.2, -0.15) is 0 Å². The lowest BCUT2D eigenvalue weighted by Crippen LogP contribution is -2.14. The first kappa shape index (κ1) is 8.07. The molecular weight excluding hydrogens is 172 g/mol. The number of hydrogen-bond acceptors (Lipinski definition) is 4. The van der Waals surface area contributed by atoms with Gasteiger partial charge >= 0.3 is 0 Å². The van der Waals surface area contributed by atoms with Gasteiger partial charge in [0.1, 0.15) is 0 Å². The van der Waals surface area contributed by atoms with E-state index in [1.54, 1.807) is 0 Å². The van der Waals surface area contributed by atoms with Crippen LogP contribution in [0.3, 0.4) is 0 Å². The summed E-state index contributed by atoms with van der Waals surface area (Å²) in [7, 11) is 0. The Kier molecular flexibility index (Phi) is 2.32. The molecule has 1 heterocycles. The minimum absolute atomic E-state index is 0.0521. The number of thiol groups is 1. The van der Waals surface area contributed by atoms with Crippen LogP contribution in [0.15, 0.2) is 30.3 Å². The number of hydroxylamine groups is 1. The van der Waals surface area contributed by atoms with Crippen molar-refractivity contribution >= 4 is 12.8 Å². The fourth-order valence-corrected chi connectivity index (χ4v) is 1.34. The maximum absolute atomic E-state index is 5.33. The lowest BCUT2D eigenvalue weighted by Gasteiger charge is -2.09. The largest absolute Gasteiger partial charge is 0.271 e. The summed E-state index contributed by atoms with van der Waals surface area (Å²) in [5.41, 5.74) is 1.12. The maximum Gasteiger partial charge on any atom is 0.157 e. The average Bonchev–Trinajstić information content (AvgIpc) is 2.54. The van der Waals surface area contributed by atoms with Gasteiger partial charge in [0, 0.05) is 0 Å². The molecule has 12 heavy (non-hydrogen) atoms. The number of rotatable bonds is 1. The molecule has 1 fully saturated rings. The quantitative estimate of drug-likeness (QED) is 0.641. The number of benzene rings is 1. The van der Waals surface area contributed by atoms with Crippen molar-refractivity contribution in [1.29, 1.82) is 0 Å². The second-order valence-corrected chi connectivity index (χ2v) is 3.06. The fraction of sp³-hybridized carbons (Fsp3) is 0.250. The van der Waals surface area contributed by atoms with E-state index >= 15 is 0 Å². The molecule has 1 atom stereocenters. The molecule has 0 bridgehead atoms. The monoisotopic (exact) mass is 182 g/mol. The Labute approximate surface area is 76.8 Å². The summed E-state index contributed by atoms with van der Waals surface area (Å²) in [6.07, 6.45) is -0.0521. The zero-order chi connectivity index (χ0) is 8.39. The SMILES string of the molecule is SN1CNC(c2ccccc2)O1. The van der Waals surface area contributed by atoms with Gasteiger partial charge in [0.2, 0.25) is 0 Å². The Bertz CT molecular complexity index is 254. The van der Waals surface area contributed by atoms with E-state index in [1.807, 2.05) is 30.3 Å². The maximum atomic E-state index is 5.33. The van der Waals surface area contributed by atoms with Gasteiger partial charge in [-0.25, -0.2) is 0 Å². The molecule has 0 aromatic heterocycles. The van der Waals surface area contributed by atoms with E-state index in [4.69, 9.17) is 4.84 Å². The normalized spacial score (nSPS) is 24.6. The molecule has 1 aromatic carbocycles. The molecule has 0 aliphatic carbocycles. The van der Waals surface area contributed by atoms with Crippen molar-refractivity contribution in [3.05, 3.63) is 35.9 Å². The van der Waals surface area contributed by atoms with Crippen LogP contribution in [0.2, 0.25) is 0 Å². The predicted molar refractivity (Wildman–Crippen MR) is 49.1 cm³/mol. The van der Waals surface area contributed by atoms with Crippen molar-refractivity contribution in [2.75, 3.05) is 6.67 Å². The van der Waals surface area contributed by atoms with Crippen molar-refractivity contribution in [3.8, 4) is 0 Å². The van der Waals surface area contributed by atoms with E-state index in [9.17, 15) is 0 Å². The number of nitrogens with zero attached hydrogens (tertiary/aromatic N) is 1. The Hall–Kier alpha value is -0.550. The van der Waals surface area contributed by atoms with Crippen molar-refractivity contribution in [1.82, 2.24) is 9.79 Å². The smallest absolute Gasteiger partial charge is 0.157 e. The standard InChI is InChI=1S/C8H10N2OS/c12-10-6-9-8(11-10)7-4-2-1-3-5-7/h1-5,8-9,12H,6H2. The van der Waals surface area contributed by atoms with Crippen LogP contribution >= 0.6 is 12.8 Å². The van der Waals surface area contributed by atoms with Crippen LogP contribution in [0.5, 0.6) is 0 Å². The van der Waals surface area contributed by atoms with Gasteiger partial charge in [0.05, 0.1) is 6.67 Å². The second kappa shape index (κ2) is 3.45. The highest BCUT2D eigenvalue weighted by Gasteiger charge is 2.21. The summed E-state index contributed by atoms with van der Waals surface area (Å²) in [4.78, 5) is 5.33. The molecule has 0 amide bonds. The van der Waals surface area contributed by atoms with Crippen molar-refractivity contribution in [2.24, 2.45) is 0 Å². The zero-order valence-corrected chi connectivity index (χ0v) is 7.37. The van der Waals surface area contributed by atoms with E-state index in [0.29, 0.717) is 6.67 Å². The first-order valence-corrected chi connectivity index (χ1v) is 4.18. The molecule has 1 aliphatic rings. The first-order chi connectivity index (χ1) is 5.86. The van der Waals surface area contributed by atoms with Gasteiger partial charge in [0.15, 0.2) is 6.23 Å². The predicted octanol–water partition coefficient (Wildman–Crippen LogP) is 1.32. The van der Waals surface area contributed by atoms with E-state index in [2.05, 4.69) is 18.1 Å². The van der Waals surface area contributed by atoms with Crippen molar-refractivity contribution in [2.45, 2.75) is 6.23 Å². The van der Waals surface area contributed by atoms with Gasteiger partial charge in [-0.1, -0.05) is 43.1 Å². The van der Waals surface area contributed by atoms with Gasteiger partial charge in [0.25, 0.3) is 0 Å². The van der Waals surface area contributed by atoms with Crippen LogP contribution in [-0.4, -0.2) is 11.1 Å². The molecule has 2 rings (SSSR count). The third-order valence-electron chi connectivity index (χ3n) is 1.74. The highest BCUT2D eigenvalue weighted by atomic mass is 32.1. The molecule has 1 aromatic rings. The summed E-state index contributed by atoms with van der Waals surface area (Å²) in [6.45, 7) is 0.642. The van der Waals surface area contributed by atoms with Crippen LogP contribution < -0.4 is 5.32 Å². The zero-order valence-electron chi connectivity index (χ0n) is 6.47. The minimum atomic E-state index is -0.0521. The van der Waals surface area contributed by atoms with E-state index in [-0.39, 0.29) is 6.23 Å². The van der Waals surface area contributed by atoms with E-state index < -0.39 is 0 Å². The number of hydrogen-bond donors (Lipinski definition) is 2. The van der Waals surface area contributed by atoms with Crippen LogP contribution in [0.1, 0.15) is 11.8 Å². The molecule has 4 heteroatoms. The molecule has 1 aliphatic heterocycles. The Morgan fingerprint density at radius 3 is 2.75 bits per heavy atom. The van der Waals surface area contributed by atoms with Gasteiger partial charge < -0.3 is 0 Å². The van der Waals surface area contributed by atoms with Crippen LogP contribution in [-0.2, 0) is 4.84 Å². The molecule has 64 valence electrons. The van der Waals surface area contributed by atoms with Gasteiger partial charge in [-0.3, -0.25) is 10.2 Å². The highest BCUT2D eigenvalue weighted by Crippen LogP contribution is 2.20. The fourth-order valence-electron chi connectivity index (χ4n) is 1.16. The Morgan fingerprint density at radius 2 is 2.17 bits per heavy atom. The summed E-state index contributed by atoms with van der Waals surface area (Å²) in [6, 6.07) is 10.00. The summed E-state index contributed by atoms with van der Waals surface area (Å²) >= 11 is 4.05. The third kappa shape index (κ3) is 1.61. The third-order valence-corrected chi connectivity index (χ3v) is 1.98. The second-order valence-electron chi connectivity index (χ2n) is 2.61. The van der Waals surface area contributed by atoms with E-state index in [0.717, 1.165) is 5.56 Å². The Balaban J connectivity index is 2.11.